The van der Waals surface area contributed by atoms with Crippen LogP contribution < -0.4 is 5.32 Å². The molecule has 1 N–H and O–H groups in total. The molecule has 1 fully saturated rings. The van der Waals surface area contributed by atoms with Crippen LogP contribution in [0.4, 0.5) is 4.39 Å². The van der Waals surface area contributed by atoms with Crippen LogP contribution in [0.25, 0.3) is 0 Å². The van der Waals surface area contributed by atoms with E-state index in [0.717, 1.165) is 25.6 Å². The summed E-state index contributed by atoms with van der Waals surface area (Å²) in [5.74, 6) is 0.735. The maximum absolute atomic E-state index is 12.1. The zero-order valence-corrected chi connectivity index (χ0v) is 10.3. The Labute approximate surface area is 93.2 Å². The number of piperazine rings is 1. The maximum Gasteiger partial charge on any atom is 0.0906 e. The molecule has 0 saturated carbocycles. The van der Waals surface area contributed by atoms with Crippen LogP contribution in [0.5, 0.6) is 0 Å². The molecule has 0 bridgehead atoms. The van der Waals surface area contributed by atoms with Crippen molar-refractivity contribution < 1.29 is 4.39 Å². The highest BCUT2D eigenvalue weighted by Gasteiger charge is 2.24. The molecular weight excluding hydrogens is 191 g/mol. The van der Waals surface area contributed by atoms with Crippen LogP contribution in [-0.4, -0.2) is 43.3 Å². The molecule has 1 rings (SSSR count). The lowest BCUT2D eigenvalue weighted by molar-refractivity contribution is 0.128. The van der Waals surface area contributed by atoms with Gasteiger partial charge in [-0.25, -0.2) is 0 Å². The van der Waals surface area contributed by atoms with Gasteiger partial charge in [0.15, 0.2) is 0 Å². The van der Waals surface area contributed by atoms with Gasteiger partial charge >= 0.3 is 0 Å². The van der Waals surface area contributed by atoms with E-state index in [0.29, 0.717) is 18.5 Å². The van der Waals surface area contributed by atoms with E-state index >= 15 is 0 Å². The summed E-state index contributed by atoms with van der Waals surface area (Å²) in [7, 11) is 0. The molecule has 15 heavy (non-hydrogen) atoms. The molecule has 90 valence electrons. The lowest BCUT2D eigenvalue weighted by Crippen LogP contribution is -2.55. The zero-order chi connectivity index (χ0) is 11.3. The van der Waals surface area contributed by atoms with Crippen molar-refractivity contribution in [2.75, 3.05) is 26.3 Å². The van der Waals surface area contributed by atoms with E-state index in [1.54, 1.807) is 0 Å². The fourth-order valence-corrected chi connectivity index (χ4v) is 2.30. The second-order valence-corrected chi connectivity index (χ2v) is 5.12. The Balaban J connectivity index is 2.34. The predicted octanol–water partition coefficient (Wildman–Crippen LogP) is 2.05. The van der Waals surface area contributed by atoms with E-state index in [9.17, 15) is 4.39 Å². The normalized spacial score (nSPS) is 28.6. The molecule has 1 aliphatic rings. The molecule has 1 heterocycles. The number of hydrogen-bond acceptors (Lipinski definition) is 2. The average Bonchev–Trinajstić information content (AvgIpc) is 2.18. The molecule has 0 spiro atoms. The third-order valence-corrected chi connectivity index (χ3v) is 3.12. The summed E-state index contributed by atoms with van der Waals surface area (Å²) in [5, 5.41) is 3.57. The molecule has 0 aliphatic carbocycles. The van der Waals surface area contributed by atoms with Gasteiger partial charge in [0.25, 0.3) is 0 Å². The van der Waals surface area contributed by atoms with E-state index in [1.165, 1.54) is 6.42 Å². The fraction of sp³-hybridized carbons (Fsp3) is 1.00. The minimum atomic E-state index is -0.189. The van der Waals surface area contributed by atoms with Crippen LogP contribution in [0.2, 0.25) is 0 Å². The van der Waals surface area contributed by atoms with Crippen LogP contribution >= 0.6 is 0 Å². The Kier molecular flexibility index (Phi) is 5.54. The standard InChI is InChI=1S/C12H25FN2/c1-10(2)7-12-9-15(6-4-5-13)11(3)8-14-12/h10-12,14H,4-9H2,1-3H3. The summed E-state index contributed by atoms with van der Waals surface area (Å²) in [6.07, 6.45) is 1.90. The van der Waals surface area contributed by atoms with E-state index < -0.39 is 0 Å². The smallest absolute Gasteiger partial charge is 0.0906 e. The minimum Gasteiger partial charge on any atom is -0.311 e. The number of rotatable bonds is 5. The molecule has 3 heteroatoms. The lowest BCUT2D eigenvalue weighted by Gasteiger charge is -2.39. The van der Waals surface area contributed by atoms with Gasteiger partial charge < -0.3 is 5.32 Å². The Morgan fingerprint density at radius 1 is 1.47 bits per heavy atom. The van der Waals surface area contributed by atoms with Gasteiger partial charge in [-0.05, 0) is 25.7 Å². The van der Waals surface area contributed by atoms with Crippen molar-refractivity contribution in [3.8, 4) is 0 Å². The summed E-state index contributed by atoms with van der Waals surface area (Å²) in [5.41, 5.74) is 0. The highest BCUT2D eigenvalue weighted by molar-refractivity contribution is 4.84. The highest BCUT2D eigenvalue weighted by Crippen LogP contribution is 2.13. The largest absolute Gasteiger partial charge is 0.311 e. The Morgan fingerprint density at radius 3 is 2.80 bits per heavy atom. The van der Waals surface area contributed by atoms with Crippen molar-refractivity contribution in [1.82, 2.24) is 10.2 Å². The first kappa shape index (κ1) is 12.9. The van der Waals surface area contributed by atoms with E-state index in [4.69, 9.17) is 0 Å². The number of nitrogens with zero attached hydrogens (tertiary/aromatic N) is 1. The van der Waals surface area contributed by atoms with Crippen LogP contribution in [-0.2, 0) is 0 Å². The molecular formula is C12H25FN2. The third kappa shape index (κ3) is 4.47. The topological polar surface area (TPSA) is 15.3 Å². The molecule has 1 saturated heterocycles. The Bertz CT molecular complexity index is 173. The predicted molar refractivity (Wildman–Crippen MR) is 62.9 cm³/mol. The van der Waals surface area contributed by atoms with Crippen LogP contribution in [0.3, 0.4) is 0 Å². The van der Waals surface area contributed by atoms with Crippen molar-refractivity contribution in [3.63, 3.8) is 0 Å². The van der Waals surface area contributed by atoms with Gasteiger partial charge in [-0.15, -0.1) is 0 Å². The van der Waals surface area contributed by atoms with E-state index in [2.05, 4.69) is 31.0 Å². The van der Waals surface area contributed by atoms with Gasteiger partial charge in [-0.3, -0.25) is 9.29 Å². The number of alkyl halides is 1. The molecule has 0 aromatic heterocycles. The van der Waals surface area contributed by atoms with Crippen LogP contribution in [0.1, 0.15) is 33.6 Å². The second-order valence-electron chi connectivity index (χ2n) is 5.12. The summed E-state index contributed by atoms with van der Waals surface area (Å²) in [4.78, 5) is 2.42. The van der Waals surface area contributed by atoms with E-state index in [-0.39, 0.29) is 6.67 Å². The minimum absolute atomic E-state index is 0.189. The molecule has 0 amide bonds. The Hall–Kier alpha value is -0.150. The molecule has 0 radical (unpaired) electrons. The molecule has 2 unspecified atom stereocenters. The quantitative estimate of drug-likeness (QED) is 0.756. The van der Waals surface area contributed by atoms with Gasteiger partial charge in [-0.1, -0.05) is 13.8 Å². The molecule has 0 aromatic carbocycles. The first-order valence-corrected chi connectivity index (χ1v) is 6.17. The van der Waals surface area contributed by atoms with Crippen molar-refractivity contribution in [2.24, 2.45) is 5.92 Å². The first-order valence-electron chi connectivity index (χ1n) is 6.17. The number of hydrogen-bond donors (Lipinski definition) is 1. The van der Waals surface area contributed by atoms with Gasteiger partial charge in [0, 0.05) is 31.7 Å². The number of halogens is 1. The summed E-state index contributed by atoms with van der Waals surface area (Å²) in [6.45, 7) is 9.58. The van der Waals surface area contributed by atoms with Crippen molar-refractivity contribution in [3.05, 3.63) is 0 Å². The molecule has 1 aliphatic heterocycles. The van der Waals surface area contributed by atoms with E-state index in [1.807, 2.05) is 0 Å². The molecule has 2 atom stereocenters. The third-order valence-electron chi connectivity index (χ3n) is 3.12. The molecule has 0 aromatic rings. The van der Waals surface area contributed by atoms with Gasteiger partial charge in [-0.2, -0.15) is 0 Å². The zero-order valence-electron chi connectivity index (χ0n) is 10.3. The summed E-state index contributed by atoms with van der Waals surface area (Å²) < 4.78 is 12.1. The average molecular weight is 216 g/mol. The summed E-state index contributed by atoms with van der Waals surface area (Å²) in [6, 6.07) is 1.15. The summed E-state index contributed by atoms with van der Waals surface area (Å²) >= 11 is 0. The van der Waals surface area contributed by atoms with Crippen LogP contribution in [0.15, 0.2) is 0 Å². The number of nitrogens with one attached hydrogen (secondary N) is 1. The highest BCUT2D eigenvalue weighted by atomic mass is 19.1. The van der Waals surface area contributed by atoms with Crippen molar-refractivity contribution in [1.29, 1.82) is 0 Å². The SMILES string of the molecule is CC(C)CC1CN(CCCF)C(C)CN1. The van der Waals surface area contributed by atoms with Crippen LogP contribution in [0, 0.1) is 5.92 Å². The van der Waals surface area contributed by atoms with Gasteiger partial charge in [0.05, 0.1) is 6.67 Å². The van der Waals surface area contributed by atoms with Crippen molar-refractivity contribution in [2.45, 2.75) is 45.7 Å². The Morgan fingerprint density at radius 2 is 2.20 bits per heavy atom. The maximum atomic E-state index is 12.1. The monoisotopic (exact) mass is 216 g/mol. The van der Waals surface area contributed by atoms with Gasteiger partial charge in [0.2, 0.25) is 0 Å². The van der Waals surface area contributed by atoms with Crippen molar-refractivity contribution >= 4 is 0 Å². The lowest BCUT2D eigenvalue weighted by atomic mass is 10.00. The molecule has 2 nitrogen and oxygen atoms in total. The fourth-order valence-electron chi connectivity index (χ4n) is 2.30. The first-order chi connectivity index (χ1) is 7.13. The van der Waals surface area contributed by atoms with Gasteiger partial charge in [0.1, 0.15) is 0 Å². The second kappa shape index (κ2) is 6.44.